The second kappa shape index (κ2) is 6.21. The Bertz CT molecular complexity index is 464. The Hall–Kier alpha value is -1.81. The van der Waals surface area contributed by atoms with Gasteiger partial charge in [-0.2, -0.15) is 5.10 Å². The highest BCUT2D eigenvalue weighted by atomic mass is 15.3. The van der Waals surface area contributed by atoms with Crippen LogP contribution in [-0.4, -0.2) is 27.8 Å². The standard InChI is InChI=1S/C14H20N4/c1-2-17(11-13-6-4-3-5-7-13)8-9-18-12-14(15)10-16-18/h3-7,10,12H,2,8-9,11,15H2,1H3. The molecule has 1 heterocycles. The number of anilines is 1. The summed E-state index contributed by atoms with van der Waals surface area (Å²) in [5.74, 6) is 0. The summed E-state index contributed by atoms with van der Waals surface area (Å²) in [6.07, 6.45) is 3.56. The van der Waals surface area contributed by atoms with Gasteiger partial charge >= 0.3 is 0 Å². The largest absolute Gasteiger partial charge is 0.396 e. The fourth-order valence-corrected chi connectivity index (χ4v) is 1.94. The number of hydrogen-bond donors (Lipinski definition) is 1. The maximum atomic E-state index is 5.64. The van der Waals surface area contributed by atoms with Gasteiger partial charge in [-0.1, -0.05) is 37.3 Å². The third kappa shape index (κ3) is 3.60. The van der Waals surface area contributed by atoms with Crippen LogP contribution in [0, 0.1) is 0 Å². The van der Waals surface area contributed by atoms with Gasteiger partial charge in [0.25, 0.3) is 0 Å². The molecule has 0 saturated heterocycles. The lowest BCUT2D eigenvalue weighted by atomic mass is 10.2. The summed E-state index contributed by atoms with van der Waals surface area (Å²) in [4.78, 5) is 2.40. The van der Waals surface area contributed by atoms with Gasteiger partial charge < -0.3 is 5.73 Å². The highest BCUT2D eigenvalue weighted by Gasteiger charge is 2.04. The molecule has 2 aromatic rings. The van der Waals surface area contributed by atoms with Gasteiger partial charge in [-0.25, -0.2) is 0 Å². The molecule has 0 spiro atoms. The van der Waals surface area contributed by atoms with Crippen molar-refractivity contribution in [3.05, 3.63) is 48.3 Å². The van der Waals surface area contributed by atoms with Gasteiger partial charge in [0, 0.05) is 19.3 Å². The van der Waals surface area contributed by atoms with Crippen molar-refractivity contribution in [3.8, 4) is 0 Å². The van der Waals surface area contributed by atoms with Crippen molar-refractivity contribution in [2.75, 3.05) is 18.8 Å². The zero-order valence-electron chi connectivity index (χ0n) is 10.8. The Kier molecular flexibility index (Phi) is 4.36. The minimum atomic E-state index is 0.723. The average molecular weight is 244 g/mol. The Labute approximate surface area is 108 Å². The molecular weight excluding hydrogens is 224 g/mol. The predicted molar refractivity (Wildman–Crippen MR) is 74.0 cm³/mol. The van der Waals surface area contributed by atoms with Crippen molar-refractivity contribution in [1.29, 1.82) is 0 Å². The highest BCUT2D eigenvalue weighted by molar-refractivity contribution is 5.30. The molecule has 2 rings (SSSR count). The Balaban J connectivity index is 1.86. The smallest absolute Gasteiger partial charge is 0.0719 e. The van der Waals surface area contributed by atoms with Gasteiger partial charge in [0.05, 0.1) is 18.4 Å². The average Bonchev–Trinajstić information content (AvgIpc) is 2.81. The maximum absolute atomic E-state index is 5.64. The molecule has 2 N–H and O–H groups in total. The maximum Gasteiger partial charge on any atom is 0.0719 e. The lowest BCUT2D eigenvalue weighted by molar-refractivity contribution is 0.263. The third-order valence-corrected chi connectivity index (χ3v) is 2.99. The first-order valence-corrected chi connectivity index (χ1v) is 6.32. The lowest BCUT2D eigenvalue weighted by Crippen LogP contribution is -2.27. The molecule has 0 unspecified atom stereocenters. The number of benzene rings is 1. The highest BCUT2D eigenvalue weighted by Crippen LogP contribution is 2.05. The summed E-state index contributed by atoms with van der Waals surface area (Å²) in [7, 11) is 0. The van der Waals surface area contributed by atoms with Gasteiger partial charge in [0.15, 0.2) is 0 Å². The van der Waals surface area contributed by atoms with Crippen molar-refractivity contribution in [1.82, 2.24) is 14.7 Å². The molecule has 1 aromatic heterocycles. The van der Waals surface area contributed by atoms with Crippen LogP contribution in [0.1, 0.15) is 12.5 Å². The van der Waals surface area contributed by atoms with Crippen LogP contribution in [-0.2, 0) is 13.1 Å². The van der Waals surface area contributed by atoms with E-state index in [1.54, 1.807) is 6.20 Å². The number of likely N-dealkylation sites (N-methyl/N-ethyl adjacent to an activating group) is 1. The normalized spacial score (nSPS) is 11.0. The van der Waals surface area contributed by atoms with Gasteiger partial charge in [-0.05, 0) is 12.1 Å². The Morgan fingerprint density at radius 3 is 2.67 bits per heavy atom. The van der Waals surface area contributed by atoms with Crippen LogP contribution in [0.5, 0.6) is 0 Å². The number of nitrogens with zero attached hydrogens (tertiary/aromatic N) is 3. The summed E-state index contributed by atoms with van der Waals surface area (Å²) in [5, 5.41) is 4.19. The van der Waals surface area contributed by atoms with E-state index in [-0.39, 0.29) is 0 Å². The summed E-state index contributed by atoms with van der Waals surface area (Å²) in [6, 6.07) is 10.5. The molecule has 0 atom stereocenters. The molecule has 1 aromatic carbocycles. The summed E-state index contributed by atoms with van der Waals surface area (Å²) < 4.78 is 1.89. The van der Waals surface area contributed by atoms with E-state index in [0.717, 1.165) is 31.9 Å². The second-order valence-corrected chi connectivity index (χ2v) is 4.39. The van der Waals surface area contributed by atoms with Crippen molar-refractivity contribution in [3.63, 3.8) is 0 Å². The van der Waals surface area contributed by atoms with Crippen molar-refractivity contribution in [2.24, 2.45) is 0 Å². The molecule has 0 aliphatic rings. The van der Waals surface area contributed by atoms with E-state index in [1.807, 2.05) is 16.9 Å². The Morgan fingerprint density at radius 1 is 1.28 bits per heavy atom. The number of nitrogens with two attached hydrogens (primary N) is 1. The summed E-state index contributed by atoms with van der Waals surface area (Å²) in [6.45, 7) is 6.05. The van der Waals surface area contributed by atoms with E-state index in [1.165, 1.54) is 5.56 Å². The van der Waals surface area contributed by atoms with Crippen LogP contribution in [0.3, 0.4) is 0 Å². The first-order valence-electron chi connectivity index (χ1n) is 6.32. The van der Waals surface area contributed by atoms with Crippen LogP contribution >= 0.6 is 0 Å². The minimum absolute atomic E-state index is 0.723. The van der Waals surface area contributed by atoms with E-state index in [9.17, 15) is 0 Å². The van der Waals surface area contributed by atoms with E-state index >= 15 is 0 Å². The van der Waals surface area contributed by atoms with Gasteiger partial charge in [0.2, 0.25) is 0 Å². The van der Waals surface area contributed by atoms with E-state index in [0.29, 0.717) is 0 Å². The fraction of sp³-hybridized carbons (Fsp3) is 0.357. The second-order valence-electron chi connectivity index (χ2n) is 4.39. The molecule has 0 aliphatic carbocycles. The molecule has 4 nitrogen and oxygen atoms in total. The molecule has 0 fully saturated rings. The van der Waals surface area contributed by atoms with Crippen LogP contribution in [0.25, 0.3) is 0 Å². The van der Waals surface area contributed by atoms with Crippen LogP contribution in [0.4, 0.5) is 5.69 Å². The zero-order chi connectivity index (χ0) is 12.8. The van der Waals surface area contributed by atoms with Crippen molar-refractivity contribution in [2.45, 2.75) is 20.0 Å². The zero-order valence-corrected chi connectivity index (χ0v) is 10.8. The topological polar surface area (TPSA) is 47.1 Å². The van der Waals surface area contributed by atoms with Gasteiger partial charge in [-0.15, -0.1) is 0 Å². The predicted octanol–water partition coefficient (Wildman–Crippen LogP) is 1.99. The van der Waals surface area contributed by atoms with E-state index < -0.39 is 0 Å². The van der Waals surface area contributed by atoms with Crippen LogP contribution in [0.15, 0.2) is 42.7 Å². The Morgan fingerprint density at radius 2 is 2.06 bits per heavy atom. The van der Waals surface area contributed by atoms with Gasteiger partial charge in [-0.3, -0.25) is 9.58 Å². The number of aromatic nitrogens is 2. The SMILES string of the molecule is CCN(CCn1cc(N)cn1)Cc1ccccc1. The van der Waals surface area contributed by atoms with E-state index in [4.69, 9.17) is 5.73 Å². The van der Waals surface area contributed by atoms with Crippen LogP contribution in [0.2, 0.25) is 0 Å². The molecular formula is C14H20N4. The van der Waals surface area contributed by atoms with Gasteiger partial charge in [0.1, 0.15) is 0 Å². The van der Waals surface area contributed by atoms with Crippen LogP contribution < -0.4 is 5.73 Å². The molecule has 18 heavy (non-hydrogen) atoms. The minimum Gasteiger partial charge on any atom is -0.396 e. The number of hydrogen-bond acceptors (Lipinski definition) is 3. The molecule has 0 amide bonds. The monoisotopic (exact) mass is 244 g/mol. The molecule has 0 radical (unpaired) electrons. The molecule has 0 aliphatic heterocycles. The summed E-state index contributed by atoms with van der Waals surface area (Å²) in [5.41, 5.74) is 7.71. The summed E-state index contributed by atoms with van der Waals surface area (Å²) >= 11 is 0. The van der Waals surface area contributed by atoms with Crippen molar-refractivity contribution < 1.29 is 0 Å². The molecule has 0 saturated carbocycles. The lowest BCUT2D eigenvalue weighted by Gasteiger charge is -2.20. The van der Waals surface area contributed by atoms with Crippen molar-refractivity contribution >= 4 is 5.69 Å². The third-order valence-electron chi connectivity index (χ3n) is 2.99. The molecule has 4 heteroatoms. The van der Waals surface area contributed by atoms with E-state index in [2.05, 4.69) is 41.2 Å². The first kappa shape index (κ1) is 12.6. The molecule has 0 bridgehead atoms. The quantitative estimate of drug-likeness (QED) is 0.845. The number of rotatable bonds is 6. The first-order chi connectivity index (χ1) is 8.78. The number of nitrogen functional groups attached to an aromatic ring is 1. The fourth-order valence-electron chi connectivity index (χ4n) is 1.94. The molecule has 96 valence electrons.